The Labute approximate surface area is 191 Å². The highest BCUT2D eigenvalue weighted by Crippen LogP contribution is 2.64. The van der Waals surface area contributed by atoms with Crippen LogP contribution in [0.3, 0.4) is 0 Å². The minimum absolute atomic E-state index is 0.0551. The van der Waals surface area contributed by atoms with Gasteiger partial charge in [0.15, 0.2) is 5.78 Å². The summed E-state index contributed by atoms with van der Waals surface area (Å²) in [4.78, 5) is 25.0. The van der Waals surface area contributed by atoms with Gasteiger partial charge in [0.1, 0.15) is 6.10 Å². The number of ketones is 1. The lowest BCUT2D eigenvalue weighted by atomic mass is 9.47. The lowest BCUT2D eigenvalue weighted by Crippen LogP contribution is -2.54. The Morgan fingerprint density at radius 3 is 2.56 bits per heavy atom. The molecule has 4 nitrogen and oxygen atoms in total. The molecule has 0 unspecified atom stereocenters. The highest BCUT2D eigenvalue weighted by Gasteiger charge is 2.61. The third-order valence-corrected chi connectivity index (χ3v) is 9.44. The zero-order valence-corrected chi connectivity index (χ0v) is 19.6. The standard InChI is InChI=1S/C28H36O4/c1-18(29)32-21-11-13-27(2)20(15-21)16-24(30)26-22-9-10-25(28(22,3)14-12-23(26)27)31-17-19-7-5-4-6-8-19/h4-8,16,21-23,25-26H,9-15,17H2,1-3H3/t21-,22-,23+,25+,26+,27+,28+/m1/s1. The van der Waals surface area contributed by atoms with Crippen LogP contribution in [0.5, 0.6) is 0 Å². The maximum Gasteiger partial charge on any atom is 0.302 e. The van der Waals surface area contributed by atoms with Crippen molar-refractivity contribution in [2.45, 2.75) is 84.5 Å². The zero-order chi connectivity index (χ0) is 22.5. The molecule has 4 heteroatoms. The van der Waals surface area contributed by atoms with E-state index in [9.17, 15) is 9.59 Å². The Morgan fingerprint density at radius 2 is 1.81 bits per heavy atom. The maximum atomic E-state index is 13.5. The number of fused-ring (bicyclic) bond motifs is 5. The number of hydrogen-bond donors (Lipinski definition) is 0. The van der Waals surface area contributed by atoms with Crippen molar-refractivity contribution in [2.24, 2.45) is 28.6 Å². The molecule has 5 rings (SSSR count). The molecule has 0 amide bonds. The topological polar surface area (TPSA) is 52.6 Å². The van der Waals surface area contributed by atoms with Gasteiger partial charge in [0, 0.05) is 19.3 Å². The number of esters is 1. The third-order valence-electron chi connectivity index (χ3n) is 9.44. The summed E-state index contributed by atoms with van der Waals surface area (Å²) in [6.07, 6.45) is 9.05. The zero-order valence-electron chi connectivity index (χ0n) is 19.6. The molecule has 0 aromatic heterocycles. The van der Waals surface area contributed by atoms with Crippen LogP contribution in [-0.2, 0) is 25.7 Å². The maximum absolute atomic E-state index is 13.5. The predicted molar refractivity (Wildman–Crippen MR) is 123 cm³/mol. The van der Waals surface area contributed by atoms with Gasteiger partial charge in [-0.15, -0.1) is 0 Å². The van der Waals surface area contributed by atoms with E-state index < -0.39 is 0 Å². The summed E-state index contributed by atoms with van der Waals surface area (Å²) in [6, 6.07) is 10.4. The lowest BCUT2D eigenvalue weighted by Gasteiger charge is -2.57. The minimum atomic E-state index is -0.222. The lowest BCUT2D eigenvalue weighted by molar-refractivity contribution is -0.150. The second-order valence-corrected chi connectivity index (χ2v) is 11.1. The van der Waals surface area contributed by atoms with E-state index in [1.54, 1.807) is 0 Å². The number of benzene rings is 1. The molecule has 3 saturated carbocycles. The first kappa shape index (κ1) is 21.9. The van der Waals surface area contributed by atoms with Crippen LogP contribution in [0.2, 0.25) is 0 Å². The number of ether oxygens (including phenoxy) is 2. The van der Waals surface area contributed by atoms with Crippen molar-refractivity contribution in [1.82, 2.24) is 0 Å². The molecule has 1 aromatic carbocycles. The van der Waals surface area contributed by atoms with E-state index in [0.29, 0.717) is 24.2 Å². The molecule has 0 N–H and O–H groups in total. The van der Waals surface area contributed by atoms with Crippen molar-refractivity contribution in [3.05, 3.63) is 47.5 Å². The van der Waals surface area contributed by atoms with Gasteiger partial charge in [-0.25, -0.2) is 0 Å². The van der Waals surface area contributed by atoms with E-state index >= 15 is 0 Å². The van der Waals surface area contributed by atoms with Crippen LogP contribution in [0.4, 0.5) is 0 Å². The normalized spacial score (nSPS) is 40.7. The first-order valence-electron chi connectivity index (χ1n) is 12.4. The van der Waals surface area contributed by atoms with Crippen molar-refractivity contribution in [1.29, 1.82) is 0 Å². The third kappa shape index (κ3) is 3.55. The Morgan fingerprint density at radius 1 is 1.03 bits per heavy atom. The van der Waals surface area contributed by atoms with Crippen LogP contribution in [0.15, 0.2) is 42.0 Å². The molecule has 4 aliphatic rings. The van der Waals surface area contributed by atoms with Crippen LogP contribution in [0.1, 0.15) is 71.3 Å². The van der Waals surface area contributed by atoms with E-state index in [2.05, 4.69) is 38.1 Å². The molecule has 4 aliphatic carbocycles. The molecule has 0 bridgehead atoms. The number of hydrogen-bond acceptors (Lipinski definition) is 4. The molecule has 32 heavy (non-hydrogen) atoms. The van der Waals surface area contributed by atoms with Crippen LogP contribution in [0.25, 0.3) is 0 Å². The second-order valence-electron chi connectivity index (χ2n) is 11.1. The number of carbonyl (C=O) groups excluding carboxylic acids is 2. The highest BCUT2D eigenvalue weighted by molar-refractivity contribution is 5.94. The van der Waals surface area contributed by atoms with Gasteiger partial charge in [-0.05, 0) is 72.8 Å². The molecule has 3 fully saturated rings. The van der Waals surface area contributed by atoms with Gasteiger partial charge in [-0.2, -0.15) is 0 Å². The van der Waals surface area contributed by atoms with Crippen molar-refractivity contribution in [3.8, 4) is 0 Å². The fourth-order valence-corrected chi connectivity index (χ4v) is 7.70. The van der Waals surface area contributed by atoms with Gasteiger partial charge >= 0.3 is 5.97 Å². The first-order chi connectivity index (χ1) is 15.3. The first-order valence-corrected chi connectivity index (χ1v) is 12.4. The summed E-state index contributed by atoms with van der Waals surface area (Å²) in [7, 11) is 0. The molecule has 0 spiro atoms. The average Bonchev–Trinajstić information content (AvgIpc) is 3.10. The van der Waals surface area contributed by atoms with E-state index in [1.807, 2.05) is 12.1 Å². The summed E-state index contributed by atoms with van der Waals surface area (Å²) in [5.41, 5.74) is 2.56. The van der Waals surface area contributed by atoms with E-state index in [0.717, 1.165) is 44.9 Å². The smallest absolute Gasteiger partial charge is 0.302 e. The SMILES string of the molecule is CC(=O)O[C@@H]1CC[C@@]2(C)C(=CC(=O)[C@H]3[C@H]4CC[C@H](OCc5ccccc5)[C@@]4(C)CC[C@@H]32)C1. The summed E-state index contributed by atoms with van der Waals surface area (Å²) in [5.74, 6) is 0.999. The van der Waals surface area contributed by atoms with Crippen LogP contribution in [-0.4, -0.2) is 24.0 Å². The quantitative estimate of drug-likeness (QED) is 0.573. The Kier molecular flexibility index (Phi) is 5.56. The van der Waals surface area contributed by atoms with Gasteiger partial charge in [0.25, 0.3) is 0 Å². The van der Waals surface area contributed by atoms with E-state index in [1.165, 1.54) is 18.1 Å². The molecule has 172 valence electrons. The molecular weight excluding hydrogens is 400 g/mol. The van der Waals surface area contributed by atoms with Gasteiger partial charge in [-0.3, -0.25) is 9.59 Å². The molecule has 0 heterocycles. The van der Waals surface area contributed by atoms with Gasteiger partial charge in [-0.1, -0.05) is 49.8 Å². The van der Waals surface area contributed by atoms with Crippen molar-refractivity contribution in [2.75, 3.05) is 0 Å². The van der Waals surface area contributed by atoms with Crippen LogP contribution >= 0.6 is 0 Å². The van der Waals surface area contributed by atoms with Gasteiger partial charge in [0.05, 0.1) is 12.7 Å². The number of allylic oxidation sites excluding steroid dienone is 1. The fraction of sp³-hybridized carbons (Fsp3) is 0.643. The van der Waals surface area contributed by atoms with Crippen LogP contribution in [0, 0.1) is 28.6 Å². The number of rotatable bonds is 4. The molecule has 0 aliphatic heterocycles. The largest absolute Gasteiger partial charge is 0.462 e. The average molecular weight is 437 g/mol. The van der Waals surface area contributed by atoms with Crippen LogP contribution < -0.4 is 0 Å². The Balaban J connectivity index is 1.35. The second kappa shape index (κ2) is 8.13. The molecule has 0 radical (unpaired) electrons. The minimum Gasteiger partial charge on any atom is -0.462 e. The fourth-order valence-electron chi connectivity index (χ4n) is 7.70. The summed E-state index contributed by atoms with van der Waals surface area (Å²) in [6.45, 7) is 6.87. The molecule has 0 saturated heterocycles. The summed E-state index contributed by atoms with van der Waals surface area (Å²) < 4.78 is 12.0. The van der Waals surface area contributed by atoms with E-state index in [-0.39, 0.29) is 34.9 Å². The monoisotopic (exact) mass is 436 g/mol. The van der Waals surface area contributed by atoms with Gasteiger partial charge in [0.2, 0.25) is 0 Å². The highest BCUT2D eigenvalue weighted by atomic mass is 16.5. The number of carbonyl (C=O) groups is 2. The van der Waals surface area contributed by atoms with Crippen molar-refractivity contribution in [3.63, 3.8) is 0 Å². The molecule has 7 atom stereocenters. The van der Waals surface area contributed by atoms with E-state index in [4.69, 9.17) is 9.47 Å². The summed E-state index contributed by atoms with van der Waals surface area (Å²) in [5, 5.41) is 0. The summed E-state index contributed by atoms with van der Waals surface area (Å²) >= 11 is 0. The predicted octanol–water partition coefficient (Wildman–Crippen LogP) is 5.65. The Hall–Kier alpha value is -1.94. The van der Waals surface area contributed by atoms with Crippen molar-refractivity contribution < 1.29 is 19.1 Å². The molecule has 1 aromatic rings. The molecular formula is C28H36O4. The van der Waals surface area contributed by atoms with Crippen molar-refractivity contribution >= 4 is 11.8 Å². The Bertz CT molecular complexity index is 921. The van der Waals surface area contributed by atoms with Gasteiger partial charge < -0.3 is 9.47 Å².